The first-order valence-electron chi connectivity index (χ1n) is 9.78. The van der Waals surface area contributed by atoms with Crippen molar-refractivity contribution in [3.8, 4) is 0 Å². The van der Waals surface area contributed by atoms with Crippen molar-refractivity contribution in [3.63, 3.8) is 0 Å². The van der Waals surface area contributed by atoms with Crippen molar-refractivity contribution in [2.75, 3.05) is 17.3 Å². The second-order valence-corrected chi connectivity index (χ2v) is 7.62. The molecular formula is C26H19N3. The molecule has 0 fully saturated rings. The van der Waals surface area contributed by atoms with Crippen molar-refractivity contribution in [2.45, 2.75) is 0 Å². The molecule has 0 heterocycles. The molecule has 4 aromatic carbocycles. The van der Waals surface area contributed by atoms with E-state index in [4.69, 9.17) is 5.41 Å². The molecule has 0 saturated carbocycles. The first kappa shape index (κ1) is 16.1. The average molecular weight is 373 g/mol. The Labute approximate surface area is 169 Å². The molecule has 0 radical (unpaired) electrons. The largest absolute Gasteiger partial charge is 0.326 e. The van der Waals surface area contributed by atoms with Gasteiger partial charge in [0.05, 0.1) is 5.69 Å². The number of hydrogen-bond donors (Lipinski definition) is 2. The normalized spacial score (nSPS) is 12.9. The minimum atomic E-state index is 0.350. The van der Waals surface area contributed by atoms with Gasteiger partial charge in [0.2, 0.25) is 0 Å². The summed E-state index contributed by atoms with van der Waals surface area (Å²) >= 11 is 0. The molecule has 0 aromatic heterocycles. The summed E-state index contributed by atoms with van der Waals surface area (Å²) in [5.41, 5.74) is 6.94. The Balaban J connectivity index is 1.39. The molecule has 2 aliphatic rings. The highest BCUT2D eigenvalue weighted by Crippen LogP contribution is 2.38. The SMILES string of the molecule is CN(C(=N)Nc1ccc2c3c(cccc13)C=C2)c1ccc2c3c(cccc13)C=C2. The molecule has 0 atom stereocenters. The third-order valence-electron chi connectivity index (χ3n) is 6.02. The number of rotatable bonds is 2. The van der Waals surface area contributed by atoms with Crippen LogP contribution in [-0.4, -0.2) is 13.0 Å². The van der Waals surface area contributed by atoms with E-state index in [1.54, 1.807) is 0 Å². The summed E-state index contributed by atoms with van der Waals surface area (Å²) in [5, 5.41) is 16.9. The van der Waals surface area contributed by atoms with Crippen LogP contribution in [0.5, 0.6) is 0 Å². The van der Waals surface area contributed by atoms with E-state index in [0.29, 0.717) is 5.96 Å². The fraction of sp³-hybridized carbons (Fsp3) is 0.0385. The smallest absolute Gasteiger partial charge is 0.199 e. The van der Waals surface area contributed by atoms with Crippen molar-refractivity contribution >= 4 is 63.2 Å². The van der Waals surface area contributed by atoms with Crippen LogP contribution in [-0.2, 0) is 0 Å². The van der Waals surface area contributed by atoms with Crippen LogP contribution in [0.25, 0.3) is 45.8 Å². The minimum Gasteiger partial charge on any atom is -0.326 e. The fourth-order valence-corrected chi connectivity index (χ4v) is 4.56. The Morgan fingerprint density at radius 3 is 1.93 bits per heavy atom. The van der Waals surface area contributed by atoms with E-state index in [2.05, 4.69) is 90.3 Å². The Morgan fingerprint density at radius 2 is 1.24 bits per heavy atom. The zero-order valence-electron chi connectivity index (χ0n) is 16.0. The highest BCUT2D eigenvalue weighted by Gasteiger charge is 2.17. The number of nitrogens with zero attached hydrogens (tertiary/aromatic N) is 1. The van der Waals surface area contributed by atoms with Crippen molar-refractivity contribution < 1.29 is 0 Å². The number of anilines is 2. The Hall–Kier alpha value is -3.85. The Kier molecular flexibility index (Phi) is 3.24. The molecule has 3 heteroatoms. The summed E-state index contributed by atoms with van der Waals surface area (Å²) in [7, 11) is 1.95. The van der Waals surface area contributed by atoms with E-state index >= 15 is 0 Å². The summed E-state index contributed by atoms with van der Waals surface area (Å²) in [6, 6.07) is 21.1. The van der Waals surface area contributed by atoms with Gasteiger partial charge in [0.1, 0.15) is 0 Å². The van der Waals surface area contributed by atoms with Crippen LogP contribution in [0.1, 0.15) is 22.3 Å². The first-order chi connectivity index (χ1) is 14.2. The van der Waals surface area contributed by atoms with E-state index in [9.17, 15) is 0 Å². The highest BCUT2D eigenvalue weighted by atomic mass is 15.3. The van der Waals surface area contributed by atoms with Crippen LogP contribution < -0.4 is 10.2 Å². The predicted molar refractivity (Wildman–Crippen MR) is 126 cm³/mol. The molecule has 2 N–H and O–H groups in total. The highest BCUT2D eigenvalue weighted by molar-refractivity contribution is 6.17. The quantitative estimate of drug-likeness (QED) is 0.271. The number of nitrogens with one attached hydrogen (secondary N) is 2. The van der Waals surface area contributed by atoms with Crippen LogP contribution in [0.15, 0.2) is 60.7 Å². The average Bonchev–Trinajstić information content (AvgIpc) is 3.37. The molecule has 0 unspecified atom stereocenters. The van der Waals surface area contributed by atoms with Gasteiger partial charge in [-0.2, -0.15) is 0 Å². The third kappa shape index (κ3) is 2.28. The molecule has 29 heavy (non-hydrogen) atoms. The topological polar surface area (TPSA) is 39.1 Å². The van der Waals surface area contributed by atoms with Crippen molar-refractivity contribution in [2.24, 2.45) is 0 Å². The van der Waals surface area contributed by atoms with Crippen molar-refractivity contribution in [1.82, 2.24) is 0 Å². The number of hydrogen-bond acceptors (Lipinski definition) is 1. The van der Waals surface area contributed by atoms with Gasteiger partial charge in [-0.15, -0.1) is 0 Å². The van der Waals surface area contributed by atoms with E-state index in [1.807, 2.05) is 11.9 Å². The van der Waals surface area contributed by atoms with Crippen LogP contribution in [0, 0.1) is 5.41 Å². The maximum absolute atomic E-state index is 8.75. The van der Waals surface area contributed by atoms with Gasteiger partial charge in [-0.3, -0.25) is 5.41 Å². The van der Waals surface area contributed by atoms with E-state index in [1.165, 1.54) is 38.4 Å². The third-order valence-corrected chi connectivity index (χ3v) is 6.02. The van der Waals surface area contributed by atoms with Gasteiger partial charge in [0, 0.05) is 23.5 Å². The Morgan fingerprint density at radius 1 is 0.690 bits per heavy atom. The van der Waals surface area contributed by atoms with Crippen LogP contribution >= 0.6 is 0 Å². The number of guanidine groups is 1. The molecule has 4 aromatic rings. The van der Waals surface area contributed by atoms with Gasteiger partial charge < -0.3 is 10.2 Å². The molecule has 2 aliphatic carbocycles. The lowest BCUT2D eigenvalue weighted by Gasteiger charge is -2.24. The van der Waals surface area contributed by atoms with Gasteiger partial charge in [-0.05, 0) is 45.2 Å². The summed E-state index contributed by atoms with van der Waals surface area (Å²) in [6.45, 7) is 0. The maximum Gasteiger partial charge on any atom is 0.199 e. The van der Waals surface area contributed by atoms with Crippen molar-refractivity contribution in [1.29, 1.82) is 5.41 Å². The maximum atomic E-state index is 8.75. The lowest BCUT2D eigenvalue weighted by Crippen LogP contribution is -2.32. The Bertz CT molecular complexity index is 1380. The molecule has 0 bridgehead atoms. The summed E-state index contributed by atoms with van der Waals surface area (Å²) in [4.78, 5) is 1.92. The van der Waals surface area contributed by atoms with Gasteiger partial charge >= 0.3 is 0 Å². The number of benzene rings is 4. The molecule has 0 amide bonds. The molecular weight excluding hydrogens is 354 g/mol. The van der Waals surface area contributed by atoms with Gasteiger partial charge in [-0.25, -0.2) is 0 Å². The summed E-state index contributed by atoms with van der Waals surface area (Å²) in [6.07, 6.45) is 8.62. The predicted octanol–water partition coefficient (Wildman–Crippen LogP) is 6.44. The molecule has 0 saturated heterocycles. The van der Waals surface area contributed by atoms with Crippen molar-refractivity contribution in [3.05, 3.63) is 82.9 Å². The summed E-state index contributed by atoms with van der Waals surface area (Å²) in [5.74, 6) is 0.350. The van der Waals surface area contributed by atoms with E-state index in [0.717, 1.165) is 16.8 Å². The standard InChI is InChI=1S/C26H19N3/c1-29(23-15-13-19-11-9-17-5-3-7-21(23)25(17)19)26(27)28-22-14-12-18-10-8-16-4-2-6-20(22)24(16)18/h2-15H,1H3,(H2,27,28). The van der Waals surface area contributed by atoms with Crippen LogP contribution in [0.3, 0.4) is 0 Å². The van der Waals surface area contributed by atoms with Crippen LogP contribution in [0.4, 0.5) is 11.4 Å². The second-order valence-electron chi connectivity index (χ2n) is 7.62. The lowest BCUT2D eigenvalue weighted by atomic mass is 10.0. The van der Waals surface area contributed by atoms with Gasteiger partial charge in [0.25, 0.3) is 0 Å². The lowest BCUT2D eigenvalue weighted by molar-refractivity contribution is 1.23. The zero-order valence-corrected chi connectivity index (χ0v) is 16.0. The summed E-state index contributed by atoms with van der Waals surface area (Å²) < 4.78 is 0. The van der Waals surface area contributed by atoms with Gasteiger partial charge in [0.15, 0.2) is 5.96 Å². The molecule has 0 spiro atoms. The first-order valence-corrected chi connectivity index (χ1v) is 9.78. The van der Waals surface area contributed by atoms with E-state index in [-0.39, 0.29) is 0 Å². The van der Waals surface area contributed by atoms with Gasteiger partial charge in [-0.1, -0.05) is 72.8 Å². The van der Waals surface area contributed by atoms with E-state index < -0.39 is 0 Å². The van der Waals surface area contributed by atoms with Crippen LogP contribution in [0.2, 0.25) is 0 Å². The molecule has 0 aliphatic heterocycles. The zero-order chi connectivity index (χ0) is 19.5. The molecule has 6 rings (SSSR count). The minimum absolute atomic E-state index is 0.350. The molecule has 3 nitrogen and oxygen atoms in total. The second kappa shape index (κ2) is 5.82. The monoisotopic (exact) mass is 373 g/mol. The fourth-order valence-electron chi connectivity index (χ4n) is 4.56. The molecule has 138 valence electrons.